The zero-order valence-corrected chi connectivity index (χ0v) is 29.0. The van der Waals surface area contributed by atoms with Crippen LogP contribution in [-0.4, -0.2) is 71.2 Å². The van der Waals surface area contributed by atoms with Crippen LogP contribution >= 0.6 is 0 Å². The number of carbonyl (C=O) groups is 5. The number of aliphatic hydroxyl groups excluding tert-OH is 1. The van der Waals surface area contributed by atoms with Crippen molar-refractivity contribution in [3.63, 3.8) is 0 Å². The molecule has 0 spiro atoms. The van der Waals surface area contributed by atoms with E-state index in [4.69, 9.17) is 14.2 Å². The average Bonchev–Trinajstić information content (AvgIpc) is 3.17. The van der Waals surface area contributed by atoms with Crippen molar-refractivity contribution >= 4 is 29.8 Å². The third-order valence-electron chi connectivity index (χ3n) is 8.54. The summed E-state index contributed by atoms with van der Waals surface area (Å²) in [5.74, 6) is -3.71. The van der Waals surface area contributed by atoms with Crippen LogP contribution in [0.4, 0.5) is 4.79 Å². The molecule has 3 amide bonds. The Morgan fingerprint density at radius 1 is 0.750 bits per heavy atom. The number of esters is 2. The summed E-state index contributed by atoms with van der Waals surface area (Å²) < 4.78 is 16.1. The number of rotatable bonds is 18. The summed E-state index contributed by atoms with van der Waals surface area (Å²) in [6.45, 7) is 6.64. The molecule has 0 fully saturated rings. The van der Waals surface area contributed by atoms with Gasteiger partial charge in [-0.3, -0.25) is 9.59 Å². The first kappa shape index (κ1) is 39.0. The van der Waals surface area contributed by atoms with E-state index in [1.807, 2.05) is 36.4 Å². The highest BCUT2D eigenvalue weighted by atomic mass is 16.6. The van der Waals surface area contributed by atoms with Crippen LogP contribution in [0.1, 0.15) is 41.5 Å². The molecular weight excluding hydrogens is 666 g/mol. The number of alkyl carbamates (subject to hydrolysis) is 1. The molecule has 0 bridgehead atoms. The van der Waals surface area contributed by atoms with Crippen LogP contribution in [0.15, 0.2) is 110 Å². The van der Waals surface area contributed by atoms with Crippen LogP contribution in [0.3, 0.4) is 0 Å². The normalized spacial score (nSPS) is 15.1. The number of allylic oxidation sites excluding steroid dienone is 1. The van der Waals surface area contributed by atoms with E-state index in [0.717, 1.165) is 16.7 Å². The van der Waals surface area contributed by atoms with E-state index >= 15 is 0 Å². The molecule has 52 heavy (non-hydrogen) atoms. The third-order valence-corrected chi connectivity index (χ3v) is 8.54. The molecule has 3 N–H and O–H groups in total. The van der Waals surface area contributed by atoms with Gasteiger partial charge < -0.3 is 34.9 Å². The van der Waals surface area contributed by atoms with Gasteiger partial charge in [-0.05, 0) is 41.5 Å². The molecule has 0 aromatic heterocycles. The summed E-state index contributed by atoms with van der Waals surface area (Å²) in [4.78, 5) is 67.9. The predicted octanol–water partition coefficient (Wildman–Crippen LogP) is 4.16. The van der Waals surface area contributed by atoms with Gasteiger partial charge in [0.05, 0.1) is 18.6 Å². The largest absolute Gasteiger partial charge is 0.461 e. The van der Waals surface area contributed by atoms with E-state index in [1.165, 1.54) is 12.2 Å². The first-order valence-electron chi connectivity index (χ1n) is 17.1. The van der Waals surface area contributed by atoms with Crippen molar-refractivity contribution in [1.29, 1.82) is 0 Å². The Kier molecular flexibility index (Phi) is 15.2. The molecule has 12 nitrogen and oxygen atoms in total. The number of nitrogens with zero attached hydrogens (tertiary/aromatic N) is 1. The summed E-state index contributed by atoms with van der Waals surface area (Å²) in [6, 6.07) is 22.4. The SMILES string of the molecule is C=CC[C@H](CC(=O)N1Cc2ccccc2C[C@H]1CO)C(=O)N[C@H](COC(=O)[C@@H](CC=C)NC(=O)OCc1ccccc1)C(=O)OCc1ccccc1. The lowest BCUT2D eigenvalue weighted by molar-refractivity contribution is -0.156. The molecule has 1 heterocycles. The summed E-state index contributed by atoms with van der Waals surface area (Å²) in [5, 5.41) is 15.1. The number of fused-ring (bicyclic) bond motifs is 1. The van der Waals surface area contributed by atoms with Gasteiger partial charge in [-0.15, -0.1) is 13.2 Å². The Morgan fingerprint density at radius 2 is 1.33 bits per heavy atom. The summed E-state index contributed by atoms with van der Waals surface area (Å²) in [5.41, 5.74) is 3.45. The fourth-order valence-electron chi connectivity index (χ4n) is 5.70. The van der Waals surface area contributed by atoms with Crippen molar-refractivity contribution in [2.24, 2.45) is 5.92 Å². The smallest absolute Gasteiger partial charge is 0.408 e. The van der Waals surface area contributed by atoms with Gasteiger partial charge in [0.1, 0.15) is 25.9 Å². The molecule has 1 aliphatic rings. The lowest BCUT2D eigenvalue weighted by atomic mass is 9.92. The number of benzene rings is 3. The van der Waals surface area contributed by atoms with E-state index in [-0.39, 0.29) is 51.5 Å². The van der Waals surface area contributed by atoms with E-state index in [9.17, 15) is 29.1 Å². The Labute approximate surface area is 303 Å². The predicted molar refractivity (Wildman–Crippen MR) is 192 cm³/mol. The Morgan fingerprint density at radius 3 is 1.94 bits per heavy atom. The highest BCUT2D eigenvalue weighted by molar-refractivity contribution is 5.90. The highest BCUT2D eigenvalue weighted by Gasteiger charge is 2.34. The maximum absolute atomic E-state index is 13.7. The van der Waals surface area contributed by atoms with Gasteiger partial charge in [-0.25, -0.2) is 14.4 Å². The zero-order valence-electron chi connectivity index (χ0n) is 29.0. The summed E-state index contributed by atoms with van der Waals surface area (Å²) >= 11 is 0. The fraction of sp³-hybridized carbons (Fsp3) is 0.325. The molecule has 3 aromatic carbocycles. The average molecular weight is 712 g/mol. The van der Waals surface area contributed by atoms with Crippen molar-refractivity contribution in [2.75, 3.05) is 13.2 Å². The van der Waals surface area contributed by atoms with Crippen LogP contribution in [0, 0.1) is 5.92 Å². The Balaban J connectivity index is 1.43. The van der Waals surface area contributed by atoms with E-state index in [2.05, 4.69) is 23.8 Å². The molecular formula is C40H45N3O9. The van der Waals surface area contributed by atoms with E-state index < -0.39 is 54.6 Å². The van der Waals surface area contributed by atoms with Crippen molar-refractivity contribution in [3.05, 3.63) is 132 Å². The first-order chi connectivity index (χ1) is 25.2. The molecule has 0 unspecified atom stereocenters. The van der Waals surface area contributed by atoms with Gasteiger partial charge in [0.2, 0.25) is 11.8 Å². The molecule has 0 saturated heterocycles. The minimum absolute atomic E-state index is 0.00587. The quantitative estimate of drug-likeness (QED) is 0.100. The topological polar surface area (TPSA) is 161 Å². The second-order valence-corrected chi connectivity index (χ2v) is 12.3. The van der Waals surface area contributed by atoms with Crippen LogP contribution in [0.2, 0.25) is 0 Å². The molecule has 274 valence electrons. The molecule has 4 atom stereocenters. The van der Waals surface area contributed by atoms with Crippen LogP contribution < -0.4 is 10.6 Å². The highest BCUT2D eigenvalue weighted by Crippen LogP contribution is 2.25. The van der Waals surface area contributed by atoms with Crippen LogP contribution in [0.25, 0.3) is 0 Å². The minimum atomic E-state index is -1.45. The number of ether oxygens (including phenoxy) is 3. The number of hydrogen-bond acceptors (Lipinski definition) is 9. The standard InChI is InChI=1S/C40H45N3O9/c1-3-13-31(22-36(45)43-23-32-20-12-11-19-30(32)21-33(43)24-44)37(46)41-35(39(48)50-25-28-15-7-5-8-16-28)27-51-38(47)34(14-4-2)42-40(49)52-26-29-17-9-6-10-18-29/h3-12,15-20,31,33-35,44H,1-2,13-14,21-27H2,(H,41,46)(H,42,49)/t31-,33+,34-,35-/m1/s1. The lowest BCUT2D eigenvalue weighted by Gasteiger charge is -2.36. The number of carbonyl (C=O) groups excluding carboxylic acids is 5. The number of amides is 3. The zero-order chi connectivity index (χ0) is 37.3. The number of nitrogens with one attached hydrogen (secondary N) is 2. The first-order valence-corrected chi connectivity index (χ1v) is 17.1. The second-order valence-electron chi connectivity index (χ2n) is 12.3. The molecule has 3 aromatic rings. The van der Waals surface area contributed by atoms with E-state index in [1.54, 1.807) is 53.4 Å². The van der Waals surface area contributed by atoms with Crippen molar-refractivity contribution in [2.45, 2.75) is 63.6 Å². The Hall–Kier alpha value is -5.75. The Bertz CT molecular complexity index is 1680. The summed E-state index contributed by atoms with van der Waals surface area (Å²) in [7, 11) is 0. The van der Waals surface area contributed by atoms with Crippen molar-refractivity contribution < 1.29 is 43.3 Å². The number of hydrogen-bond donors (Lipinski definition) is 3. The maximum atomic E-state index is 13.7. The number of aliphatic hydroxyl groups is 1. The van der Waals surface area contributed by atoms with Crippen LogP contribution in [0.5, 0.6) is 0 Å². The molecule has 1 aliphatic heterocycles. The molecule has 4 rings (SSSR count). The lowest BCUT2D eigenvalue weighted by Crippen LogP contribution is -2.50. The summed E-state index contributed by atoms with van der Waals surface area (Å²) in [6.07, 6.45) is 2.40. The minimum Gasteiger partial charge on any atom is -0.461 e. The van der Waals surface area contributed by atoms with Crippen LogP contribution in [-0.2, 0) is 59.6 Å². The van der Waals surface area contributed by atoms with Crippen molar-refractivity contribution in [3.8, 4) is 0 Å². The maximum Gasteiger partial charge on any atom is 0.408 e. The van der Waals surface area contributed by atoms with E-state index in [0.29, 0.717) is 12.0 Å². The third kappa shape index (κ3) is 11.7. The van der Waals surface area contributed by atoms with Gasteiger partial charge in [0, 0.05) is 13.0 Å². The second kappa shape index (κ2) is 20.2. The monoisotopic (exact) mass is 711 g/mol. The van der Waals surface area contributed by atoms with Gasteiger partial charge in [0.25, 0.3) is 0 Å². The molecule has 12 heteroatoms. The van der Waals surface area contributed by atoms with Gasteiger partial charge >= 0.3 is 18.0 Å². The van der Waals surface area contributed by atoms with Gasteiger partial charge in [-0.2, -0.15) is 0 Å². The van der Waals surface area contributed by atoms with Gasteiger partial charge in [0.15, 0.2) is 6.04 Å². The fourth-order valence-corrected chi connectivity index (χ4v) is 5.70. The molecule has 0 radical (unpaired) electrons. The molecule has 0 aliphatic carbocycles. The van der Waals surface area contributed by atoms with Gasteiger partial charge in [-0.1, -0.05) is 97.1 Å². The molecule has 0 saturated carbocycles. The van der Waals surface area contributed by atoms with Crippen molar-refractivity contribution in [1.82, 2.24) is 15.5 Å².